The van der Waals surface area contributed by atoms with Crippen molar-refractivity contribution < 1.29 is 28.3 Å². The monoisotopic (exact) mass is 347 g/mol. The molecule has 2 heterocycles. The van der Waals surface area contributed by atoms with Crippen LogP contribution in [0.4, 0.5) is 9.59 Å². The molecular weight excluding hydrogens is 340 g/mol. The SMILES string of the molecule is O=B[P-]Cl.O=C1OCCN1P(=O)(Cl)N1CCOC1=O. The average molecular weight is 348 g/mol. The van der Waals surface area contributed by atoms with Crippen molar-refractivity contribution in [2.45, 2.75) is 0 Å². The summed E-state index contributed by atoms with van der Waals surface area (Å²) in [5.41, 5.74) is 0. The van der Waals surface area contributed by atoms with Crippen LogP contribution >= 0.6 is 37.1 Å². The Labute approximate surface area is 120 Å². The fourth-order valence-corrected chi connectivity index (χ4v) is 3.61. The summed E-state index contributed by atoms with van der Waals surface area (Å²) in [4.78, 5) is 22.3. The molecule has 13 heteroatoms. The Hall–Kier alpha value is -0.355. The Morgan fingerprint density at radius 3 is 1.74 bits per heavy atom. The third kappa shape index (κ3) is 4.05. The van der Waals surface area contributed by atoms with E-state index in [1.807, 2.05) is 0 Å². The van der Waals surface area contributed by atoms with Gasteiger partial charge in [0.15, 0.2) is 0 Å². The molecule has 0 saturated carbocycles. The molecule has 8 nitrogen and oxygen atoms in total. The zero-order valence-electron chi connectivity index (χ0n) is 9.40. The van der Waals surface area contributed by atoms with Crippen molar-refractivity contribution in [1.82, 2.24) is 9.34 Å². The van der Waals surface area contributed by atoms with Gasteiger partial charge in [-0.05, 0) is 11.2 Å². The molecule has 0 unspecified atom stereocenters. The minimum Gasteiger partial charge on any atom is -0.447 e. The average Bonchev–Trinajstić information content (AvgIpc) is 2.98. The first-order chi connectivity index (χ1) is 8.95. The van der Waals surface area contributed by atoms with Gasteiger partial charge in [-0.3, -0.25) is 4.57 Å². The van der Waals surface area contributed by atoms with Crippen LogP contribution in [-0.4, -0.2) is 54.7 Å². The minimum absolute atomic E-state index is 0.114. The van der Waals surface area contributed by atoms with Gasteiger partial charge in [0.05, 0.1) is 13.1 Å². The van der Waals surface area contributed by atoms with Crippen LogP contribution < -0.4 is 0 Å². The zero-order chi connectivity index (χ0) is 14.5. The molecule has 0 aromatic heterocycles. The maximum absolute atomic E-state index is 12.1. The Morgan fingerprint density at radius 1 is 1.16 bits per heavy atom. The van der Waals surface area contributed by atoms with Gasteiger partial charge >= 0.3 is 49.6 Å². The van der Waals surface area contributed by atoms with E-state index in [9.17, 15) is 14.2 Å². The maximum atomic E-state index is 12.1. The molecule has 0 atom stereocenters. The van der Waals surface area contributed by atoms with Gasteiger partial charge in [-0.1, -0.05) is 0 Å². The van der Waals surface area contributed by atoms with E-state index in [4.69, 9.17) is 27.2 Å². The Balaban J connectivity index is 0.000000399. The number of ether oxygens (including phenoxy) is 2. The maximum Gasteiger partial charge on any atom is 0.417 e. The van der Waals surface area contributed by atoms with Crippen LogP contribution in [0, 0.1) is 0 Å². The van der Waals surface area contributed by atoms with E-state index in [0.29, 0.717) is 14.7 Å². The Bertz CT molecular complexity index is 397. The molecule has 0 N–H and O–H groups in total. The molecule has 2 rings (SSSR count). The van der Waals surface area contributed by atoms with Gasteiger partial charge in [-0.15, -0.1) is 0 Å². The second kappa shape index (κ2) is 7.43. The van der Waals surface area contributed by atoms with Gasteiger partial charge in [0.25, 0.3) is 0 Å². The third-order valence-corrected chi connectivity index (χ3v) is 5.45. The summed E-state index contributed by atoms with van der Waals surface area (Å²) in [7, 11) is 0.290. The van der Waals surface area contributed by atoms with Gasteiger partial charge in [0.2, 0.25) is 0 Å². The standard InChI is InChI=1S/C6H8ClN2O5P.BClOP/c7-15(12,8-1-3-13-5(8)10)9-2-4-14-6(9)11;2-4-1-3/h1-4H2;/q;-1. The van der Waals surface area contributed by atoms with Gasteiger partial charge in [0, 0.05) is 0 Å². The Morgan fingerprint density at radius 2 is 1.53 bits per heavy atom. The van der Waals surface area contributed by atoms with Gasteiger partial charge in [-0.25, -0.2) is 18.9 Å². The summed E-state index contributed by atoms with van der Waals surface area (Å²) >= 11 is 10.5. The zero-order valence-corrected chi connectivity index (χ0v) is 12.7. The molecule has 0 spiro atoms. The molecule has 2 fully saturated rings. The predicted molar refractivity (Wildman–Crippen MR) is 68.8 cm³/mol. The number of carbonyl (C=O) groups excluding carboxylic acids is 2. The van der Waals surface area contributed by atoms with Gasteiger partial charge in [0.1, 0.15) is 13.2 Å². The number of nitrogens with zero attached hydrogens (tertiary/aromatic N) is 2. The van der Waals surface area contributed by atoms with Crippen LogP contribution in [0.15, 0.2) is 0 Å². The molecule has 19 heavy (non-hydrogen) atoms. The molecule has 0 radical (unpaired) electrons. The quantitative estimate of drug-likeness (QED) is 0.574. The number of cyclic esters (lactones) is 2. The van der Waals surface area contributed by atoms with Crippen molar-refractivity contribution in [2.24, 2.45) is 0 Å². The molecule has 0 aliphatic carbocycles. The molecule has 0 aromatic rings. The summed E-state index contributed by atoms with van der Waals surface area (Å²) in [6.07, 6.45) is -1.54. The fraction of sp³-hybridized carbons (Fsp3) is 0.667. The molecule has 2 aliphatic heterocycles. The summed E-state index contributed by atoms with van der Waals surface area (Å²) < 4.78 is 32.0. The fourth-order valence-electron chi connectivity index (χ4n) is 1.35. The van der Waals surface area contributed by atoms with Crippen LogP contribution in [-0.2, 0) is 18.7 Å². The van der Waals surface area contributed by atoms with Crippen LogP contribution in [0.5, 0.6) is 0 Å². The summed E-state index contributed by atoms with van der Waals surface area (Å²) in [5.74, 6) is 0. The minimum atomic E-state index is -3.71. The van der Waals surface area contributed by atoms with Crippen LogP contribution in [0.3, 0.4) is 0 Å². The summed E-state index contributed by atoms with van der Waals surface area (Å²) in [5, 5.41) is 0. The van der Waals surface area contributed by atoms with E-state index >= 15 is 0 Å². The molecule has 0 bridgehead atoms. The molecular formula is C6H8BCl2N2O6P2-. The van der Waals surface area contributed by atoms with Gasteiger partial charge < -0.3 is 9.47 Å². The van der Waals surface area contributed by atoms with Crippen molar-refractivity contribution in [1.29, 1.82) is 0 Å². The van der Waals surface area contributed by atoms with E-state index < -0.39 is 19.0 Å². The number of halogens is 2. The van der Waals surface area contributed by atoms with Crippen molar-refractivity contribution in [3.8, 4) is 0 Å². The molecule has 106 valence electrons. The first-order valence-electron chi connectivity index (χ1n) is 4.89. The van der Waals surface area contributed by atoms with Crippen molar-refractivity contribution in [2.75, 3.05) is 26.3 Å². The first kappa shape index (κ1) is 16.7. The summed E-state index contributed by atoms with van der Waals surface area (Å²) in [6.45, 7) is -2.62. The second-order valence-corrected chi connectivity index (χ2v) is 7.38. The van der Waals surface area contributed by atoms with E-state index in [1.54, 1.807) is 0 Å². The van der Waals surface area contributed by atoms with Crippen molar-refractivity contribution in [3.63, 3.8) is 0 Å². The number of amides is 2. The van der Waals surface area contributed by atoms with E-state index in [-0.39, 0.29) is 26.3 Å². The normalized spacial score (nSPS) is 19.1. The smallest absolute Gasteiger partial charge is 0.417 e. The Kier molecular flexibility index (Phi) is 6.53. The predicted octanol–water partition coefficient (Wildman–Crippen LogP) is 2.29. The van der Waals surface area contributed by atoms with Crippen LogP contribution in [0.2, 0.25) is 0 Å². The molecule has 2 saturated heterocycles. The molecule has 0 aromatic carbocycles. The number of rotatable bonds is 3. The number of carbonyl (C=O) groups is 2. The van der Waals surface area contributed by atoms with Crippen LogP contribution in [0.25, 0.3) is 0 Å². The van der Waals surface area contributed by atoms with E-state index in [1.165, 1.54) is 0 Å². The molecule has 2 aliphatic rings. The number of hydrogen-bond acceptors (Lipinski definition) is 6. The van der Waals surface area contributed by atoms with E-state index in [2.05, 4.69) is 9.47 Å². The topological polar surface area (TPSA) is 93.2 Å². The summed E-state index contributed by atoms with van der Waals surface area (Å²) in [6, 6.07) is 0. The first-order valence-corrected chi connectivity index (χ1v) is 9.27. The van der Waals surface area contributed by atoms with Crippen molar-refractivity contribution in [3.05, 3.63) is 0 Å². The number of hydrogen-bond donors (Lipinski definition) is 0. The van der Waals surface area contributed by atoms with Crippen LogP contribution in [0.1, 0.15) is 0 Å². The second-order valence-electron chi connectivity index (χ2n) is 3.15. The largest absolute Gasteiger partial charge is 0.447 e. The van der Waals surface area contributed by atoms with E-state index in [0.717, 1.165) is 9.34 Å². The van der Waals surface area contributed by atoms with Gasteiger partial charge in [-0.2, -0.15) is 0 Å². The molecule has 2 amide bonds. The third-order valence-electron chi connectivity index (χ3n) is 2.11. The van der Waals surface area contributed by atoms with Crippen molar-refractivity contribution >= 4 is 56.1 Å².